The number of amidine groups is 2. The molecule has 2 aliphatic heterocycles. The molecule has 0 bridgehead atoms. The number of carbonyl (C=O) groups excluding carboxylic acids is 2. The number of amides is 1. The number of hydrogen-bond acceptors (Lipinski definition) is 9. The smallest absolute Gasteiger partial charge is 0.338 e. The minimum Gasteiger partial charge on any atom is -0.462 e. The van der Waals surface area contributed by atoms with Gasteiger partial charge in [0.1, 0.15) is 11.5 Å². The number of rotatable bonds is 4. The minimum atomic E-state index is -3.60. The molecule has 3 heterocycles. The molecule has 1 amide bonds. The van der Waals surface area contributed by atoms with Crippen LogP contribution in [-0.2, 0) is 19.4 Å². The number of hydrazone groups is 1. The van der Waals surface area contributed by atoms with Crippen molar-refractivity contribution in [2.75, 3.05) is 12.9 Å². The van der Waals surface area contributed by atoms with Gasteiger partial charge in [0, 0.05) is 11.8 Å². The lowest BCUT2D eigenvalue weighted by Gasteiger charge is -2.19. The van der Waals surface area contributed by atoms with Crippen molar-refractivity contribution < 1.29 is 27.2 Å². The number of nitrogens with one attached hydrogen (secondary N) is 1. The van der Waals surface area contributed by atoms with E-state index in [2.05, 4.69) is 10.1 Å². The molecule has 0 saturated heterocycles. The van der Waals surface area contributed by atoms with E-state index in [0.717, 1.165) is 23.0 Å². The molecule has 0 aliphatic carbocycles. The average Bonchev–Trinajstić information content (AvgIpc) is 3.38. The van der Waals surface area contributed by atoms with Crippen molar-refractivity contribution in [1.29, 1.82) is 5.41 Å². The van der Waals surface area contributed by atoms with Crippen LogP contribution in [0.2, 0.25) is 0 Å². The molecule has 2 aliphatic rings. The maximum atomic E-state index is 12.4. The fourth-order valence-electron chi connectivity index (χ4n) is 2.84. The Kier molecular flexibility index (Phi) is 5.57. The van der Waals surface area contributed by atoms with Gasteiger partial charge in [-0.15, -0.1) is 5.10 Å². The van der Waals surface area contributed by atoms with E-state index in [0.29, 0.717) is 22.6 Å². The summed E-state index contributed by atoms with van der Waals surface area (Å²) in [6.45, 7) is 2.01. The Balaban J connectivity index is 1.58. The van der Waals surface area contributed by atoms with Crippen LogP contribution in [0.1, 0.15) is 23.0 Å². The number of fused-ring (bicyclic) bond motifs is 1. The predicted molar refractivity (Wildman–Crippen MR) is 120 cm³/mol. The average molecular weight is 473 g/mol. The molecule has 2 aromatic rings. The number of hydrogen-bond donors (Lipinski definition) is 1. The summed E-state index contributed by atoms with van der Waals surface area (Å²) < 4.78 is 33.9. The zero-order chi connectivity index (χ0) is 23.0. The number of furan rings is 1. The molecular formula is C20H16N4O6S2. The van der Waals surface area contributed by atoms with Crippen LogP contribution in [0.3, 0.4) is 0 Å². The summed E-state index contributed by atoms with van der Waals surface area (Å²) in [4.78, 5) is 28.0. The van der Waals surface area contributed by atoms with Crippen LogP contribution >= 0.6 is 11.8 Å². The third kappa shape index (κ3) is 4.14. The first-order valence-electron chi connectivity index (χ1n) is 9.25. The number of benzene rings is 1. The number of esters is 1. The van der Waals surface area contributed by atoms with E-state index in [1.165, 1.54) is 6.08 Å². The zero-order valence-corrected chi connectivity index (χ0v) is 18.5. The van der Waals surface area contributed by atoms with Gasteiger partial charge in [-0.25, -0.2) is 13.2 Å². The molecule has 32 heavy (non-hydrogen) atoms. The van der Waals surface area contributed by atoms with Gasteiger partial charge in [-0.3, -0.25) is 10.2 Å². The highest BCUT2D eigenvalue weighted by Gasteiger charge is 2.38. The van der Waals surface area contributed by atoms with E-state index in [1.807, 2.05) is 0 Å². The van der Waals surface area contributed by atoms with Crippen molar-refractivity contribution in [1.82, 2.24) is 5.01 Å². The summed E-state index contributed by atoms with van der Waals surface area (Å²) in [6, 6.07) is 9.94. The van der Waals surface area contributed by atoms with Gasteiger partial charge in [0.05, 0.1) is 17.7 Å². The molecule has 164 valence electrons. The van der Waals surface area contributed by atoms with E-state index in [4.69, 9.17) is 14.6 Å². The van der Waals surface area contributed by atoms with Gasteiger partial charge in [-0.2, -0.15) is 10.0 Å². The molecule has 0 saturated carbocycles. The molecule has 0 unspecified atom stereocenters. The molecule has 4 rings (SSSR count). The molecular weight excluding hydrogens is 456 g/mol. The first kappa shape index (κ1) is 21.7. The van der Waals surface area contributed by atoms with Crippen LogP contribution in [0.25, 0.3) is 17.4 Å². The highest BCUT2D eigenvalue weighted by Crippen LogP contribution is 2.31. The summed E-state index contributed by atoms with van der Waals surface area (Å²) >= 11 is 0.718. The number of sulfone groups is 1. The van der Waals surface area contributed by atoms with Crippen molar-refractivity contribution in [2.45, 2.75) is 6.92 Å². The fourth-order valence-corrected chi connectivity index (χ4v) is 4.52. The van der Waals surface area contributed by atoms with Crippen LogP contribution in [0.4, 0.5) is 0 Å². The minimum absolute atomic E-state index is 0.0133. The Bertz CT molecular complexity index is 1340. The summed E-state index contributed by atoms with van der Waals surface area (Å²) in [5.74, 6) is -0.640. The van der Waals surface area contributed by atoms with Gasteiger partial charge in [-0.1, -0.05) is 12.1 Å². The summed E-state index contributed by atoms with van der Waals surface area (Å²) in [5, 5.41) is 13.2. The third-order valence-electron chi connectivity index (χ3n) is 4.35. The second-order valence-electron chi connectivity index (χ2n) is 6.66. The summed E-state index contributed by atoms with van der Waals surface area (Å²) in [6.07, 6.45) is 2.34. The highest BCUT2D eigenvalue weighted by molar-refractivity contribution is 8.42. The molecule has 0 atom stereocenters. The van der Waals surface area contributed by atoms with E-state index < -0.39 is 21.7 Å². The van der Waals surface area contributed by atoms with E-state index in [-0.39, 0.29) is 27.6 Å². The normalized spacial score (nSPS) is 17.3. The summed E-state index contributed by atoms with van der Waals surface area (Å²) in [7, 11) is -3.60. The number of thioether (sulfide) groups is 1. The lowest BCUT2D eigenvalue weighted by molar-refractivity contribution is -0.114. The third-order valence-corrected chi connectivity index (χ3v) is 6.92. The SMILES string of the molecule is CCOC(=O)c1ccc(-c2ccc(C=C3C(=N)N4N=C(S(C)(=O)=O)SC4=NC3=O)o2)cc1. The Hall–Kier alpha value is -3.51. The van der Waals surface area contributed by atoms with Gasteiger partial charge in [0.25, 0.3) is 5.91 Å². The number of carbonyl (C=O) groups is 2. The first-order valence-corrected chi connectivity index (χ1v) is 12.0. The van der Waals surface area contributed by atoms with Crippen molar-refractivity contribution in [3.05, 3.63) is 53.3 Å². The van der Waals surface area contributed by atoms with Crippen LogP contribution in [-0.4, -0.2) is 53.5 Å². The van der Waals surface area contributed by atoms with Crippen LogP contribution in [0.5, 0.6) is 0 Å². The maximum absolute atomic E-state index is 12.4. The summed E-state index contributed by atoms with van der Waals surface area (Å²) in [5.41, 5.74) is 1.02. The maximum Gasteiger partial charge on any atom is 0.338 e. The molecule has 1 aromatic carbocycles. The molecule has 10 nitrogen and oxygen atoms in total. The Morgan fingerprint density at radius 1 is 1.25 bits per heavy atom. The standard InChI is InChI=1S/C20H16N4O6S2/c1-3-29-18(26)12-6-4-11(5-7-12)15-9-8-13(30-15)10-14-16(21)24-19(22-17(14)25)31-20(23-24)32(2,27)28/h4-10,21H,3H2,1-2H3. The molecule has 0 radical (unpaired) electrons. The highest BCUT2D eigenvalue weighted by atomic mass is 32.3. The van der Waals surface area contributed by atoms with E-state index in [1.54, 1.807) is 43.3 Å². The van der Waals surface area contributed by atoms with Crippen LogP contribution < -0.4 is 0 Å². The fraction of sp³-hybridized carbons (Fsp3) is 0.150. The quantitative estimate of drug-likeness (QED) is 0.529. The van der Waals surface area contributed by atoms with Crippen LogP contribution in [0, 0.1) is 5.41 Å². The number of ether oxygens (including phenoxy) is 1. The van der Waals surface area contributed by atoms with Crippen molar-refractivity contribution in [3.8, 4) is 11.3 Å². The lowest BCUT2D eigenvalue weighted by Crippen LogP contribution is -2.35. The molecule has 0 fully saturated rings. The lowest BCUT2D eigenvalue weighted by atomic mass is 10.1. The van der Waals surface area contributed by atoms with Gasteiger partial charge in [0.2, 0.25) is 19.4 Å². The molecule has 1 N–H and O–H groups in total. The van der Waals surface area contributed by atoms with Gasteiger partial charge in [-0.05, 0) is 49.0 Å². The van der Waals surface area contributed by atoms with Crippen LogP contribution in [0.15, 0.2) is 56.5 Å². The van der Waals surface area contributed by atoms with E-state index >= 15 is 0 Å². The second-order valence-corrected chi connectivity index (χ2v) is 9.80. The topological polar surface area (TPSA) is 142 Å². The second kappa shape index (κ2) is 8.20. The van der Waals surface area contributed by atoms with Crippen molar-refractivity contribution >= 4 is 54.9 Å². The molecule has 1 aromatic heterocycles. The zero-order valence-electron chi connectivity index (χ0n) is 16.9. The Morgan fingerprint density at radius 3 is 2.62 bits per heavy atom. The van der Waals surface area contributed by atoms with Gasteiger partial charge >= 0.3 is 5.97 Å². The Morgan fingerprint density at radius 2 is 1.97 bits per heavy atom. The van der Waals surface area contributed by atoms with Crippen molar-refractivity contribution in [3.63, 3.8) is 0 Å². The molecule has 0 spiro atoms. The van der Waals surface area contributed by atoms with Gasteiger partial charge in [0.15, 0.2) is 5.84 Å². The van der Waals surface area contributed by atoms with Gasteiger partial charge < -0.3 is 9.15 Å². The number of aliphatic imine (C=N–C) groups is 1. The Labute approximate surface area is 187 Å². The molecule has 12 heteroatoms. The monoisotopic (exact) mass is 472 g/mol. The predicted octanol–water partition coefficient (Wildman–Crippen LogP) is 2.74. The first-order chi connectivity index (χ1) is 15.2. The van der Waals surface area contributed by atoms with Crippen molar-refractivity contribution in [2.24, 2.45) is 10.1 Å². The largest absolute Gasteiger partial charge is 0.462 e. The van der Waals surface area contributed by atoms with E-state index in [9.17, 15) is 18.0 Å². The number of nitrogens with zero attached hydrogens (tertiary/aromatic N) is 3.